The Morgan fingerprint density at radius 1 is 1.63 bits per heavy atom. The number of nitrogens with two attached hydrogens (primary N) is 1. The first-order chi connectivity index (χ1) is 9.16. The first-order valence-electron chi connectivity index (χ1n) is 6.00. The van der Waals surface area contributed by atoms with Crippen molar-refractivity contribution in [2.24, 2.45) is 5.73 Å². The second-order valence-corrected chi connectivity index (χ2v) is 5.04. The molecule has 0 spiro atoms. The minimum Gasteiger partial charge on any atom is -0.351 e. The lowest BCUT2D eigenvalue weighted by atomic mass is 10.3. The summed E-state index contributed by atoms with van der Waals surface area (Å²) in [5.74, 6) is 0.655. The molecule has 0 fully saturated rings. The minimum absolute atomic E-state index is 0.141. The quantitative estimate of drug-likeness (QED) is 0.673. The van der Waals surface area contributed by atoms with Crippen LogP contribution >= 0.6 is 11.3 Å². The summed E-state index contributed by atoms with van der Waals surface area (Å²) in [7, 11) is 0. The highest BCUT2D eigenvalue weighted by Crippen LogP contribution is 2.15. The third-order valence-corrected chi connectivity index (χ3v) is 3.53. The van der Waals surface area contributed by atoms with Crippen LogP contribution in [0.2, 0.25) is 0 Å². The molecule has 0 aromatic carbocycles. The molecule has 0 bridgehead atoms. The molecular formula is C11H16N6OS. The smallest absolute Gasteiger partial charge is 0.270 e. The number of thiazole rings is 1. The number of aromatic nitrogens is 4. The molecule has 2 aromatic heterocycles. The van der Waals surface area contributed by atoms with E-state index in [1.54, 1.807) is 5.38 Å². The summed E-state index contributed by atoms with van der Waals surface area (Å²) in [5, 5.41) is 11.8. The zero-order valence-electron chi connectivity index (χ0n) is 10.6. The molecule has 0 saturated carbocycles. The van der Waals surface area contributed by atoms with E-state index in [0.29, 0.717) is 12.2 Å². The van der Waals surface area contributed by atoms with Gasteiger partial charge in [0.25, 0.3) is 5.91 Å². The van der Waals surface area contributed by atoms with Crippen LogP contribution in [0.15, 0.2) is 11.7 Å². The molecule has 19 heavy (non-hydrogen) atoms. The molecule has 1 atom stereocenters. The Morgan fingerprint density at radius 3 is 3.11 bits per heavy atom. The topological polar surface area (TPSA) is 110 Å². The van der Waals surface area contributed by atoms with Crippen molar-refractivity contribution < 1.29 is 4.79 Å². The number of aryl methyl sites for hydroxylation is 1. The normalized spacial score (nSPS) is 12.3. The molecule has 1 amide bonds. The van der Waals surface area contributed by atoms with Crippen LogP contribution in [-0.2, 0) is 6.42 Å². The van der Waals surface area contributed by atoms with Gasteiger partial charge in [-0.2, -0.15) is 5.10 Å². The number of nitrogens with one attached hydrogen (secondary N) is 2. The fourth-order valence-electron chi connectivity index (χ4n) is 1.50. The summed E-state index contributed by atoms with van der Waals surface area (Å²) in [6, 6.07) is -0.141. The van der Waals surface area contributed by atoms with E-state index in [9.17, 15) is 4.79 Å². The summed E-state index contributed by atoms with van der Waals surface area (Å²) in [5.41, 5.74) is 6.13. The second kappa shape index (κ2) is 6.39. The molecule has 0 radical (unpaired) electrons. The molecule has 2 heterocycles. The first kappa shape index (κ1) is 13.6. The summed E-state index contributed by atoms with van der Waals surface area (Å²) < 4.78 is 0. The van der Waals surface area contributed by atoms with E-state index in [0.717, 1.165) is 23.7 Å². The molecule has 0 aliphatic rings. The number of H-pyrrole nitrogens is 1. The van der Waals surface area contributed by atoms with E-state index in [4.69, 9.17) is 5.73 Å². The van der Waals surface area contributed by atoms with E-state index in [1.165, 1.54) is 17.7 Å². The Labute approximate surface area is 114 Å². The van der Waals surface area contributed by atoms with Gasteiger partial charge in [-0.15, -0.1) is 11.3 Å². The predicted octanol–water partition coefficient (Wildman–Crippen LogP) is 0.643. The summed E-state index contributed by atoms with van der Waals surface area (Å²) in [6.07, 6.45) is 3.02. The molecule has 102 valence electrons. The lowest BCUT2D eigenvalue weighted by Gasteiger charge is -2.02. The van der Waals surface area contributed by atoms with Crippen LogP contribution in [-0.4, -0.2) is 32.6 Å². The monoisotopic (exact) mass is 280 g/mol. The number of rotatable bonds is 6. The number of hydrogen-bond acceptors (Lipinski definition) is 6. The van der Waals surface area contributed by atoms with Gasteiger partial charge in [0.1, 0.15) is 22.9 Å². The zero-order chi connectivity index (χ0) is 13.7. The molecule has 7 nitrogen and oxygen atoms in total. The number of carbonyl (C=O) groups is 1. The maximum atomic E-state index is 11.8. The van der Waals surface area contributed by atoms with Crippen LogP contribution in [0, 0.1) is 0 Å². The van der Waals surface area contributed by atoms with Crippen LogP contribution in [0.5, 0.6) is 0 Å². The summed E-state index contributed by atoms with van der Waals surface area (Å²) >= 11 is 1.40. The van der Waals surface area contributed by atoms with Gasteiger partial charge in [0, 0.05) is 18.3 Å². The second-order valence-electron chi connectivity index (χ2n) is 4.15. The highest BCUT2D eigenvalue weighted by Gasteiger charge is 2.12. The lowest BCUT2D eigenvalue weighted by Crippen LogP contribution is -2.25. The van der Waals surface area contributed by atoms with Crippen LogP contribution in [0.4, 0.5) is 0 Å². The van der Waals surface area contributed by atoms with Gasteiger partial charge < -0.3 is 11.1 Å². The van der Waals surface area contributed by atoms with Crippen LogP contribution < -0.4 is 11.1 Å². The Morgan fingerprint density at radius 2 is 2.47 bits per heavy atom. The minimum atomic E-state index is -0.166. The van der Waals surface area contributed by atoms with E-state index in [2.05, 4.69) is 25.5 Å². The molecule has 0 aliphatic heterocycles. The molecule has 2 aromatic rings. The van der Waals surface area contributed by atoms with Gasteiger partial charge in [0.2, 0.25) is 0 Å². The van der Waals surface area contributed by atoms with Crippen molar-refractivity contribution in [2.75, 3.05) is 6.54 Å². The molecular weight excluding hydrogens is 264 g/mol. The number of carbonyl (C=O) groups excluding carboxylic acids is 1. The average Bonchev–Trinajstić information content (AvgIpc) is 3.05. The van der Waals surface area contributed by atoms with E-state index in [1.807, 2.05) is 6.92 Å². The average molecular weight is 280 g/mol. The first-order valence-corrected chi connectivity index (χ1v) is 6.88. The lowest BCUT2D eigenvalue weighted by molar-refractivity contribution is 0.0948. The number of nitrogens with zero attached hydrogens (tertiary/aromatic N) is 3. The van der Waals surface area contributed by atoms with Gasteiger partial charge in [-0.05, 0) is 13.3 Å². The maximum Gasteiger partial charge on any atom is 0.270 e. The van der Waals surface area contributed by atoms with Crippen molar-refractivity contribution in [1.82, 2.24) is 25.5 Å². The van der Waals surface area contributed by atoms with Crippen LogP contribution in [0.3, 0.4) is 0 Å². The van der Waals surface area contributed by atoms with Gasteiger partial charge in [-0.3, -0.25) is 9.89 Å². The van der Waals surface area contributed by atoms with Gasteiger partial charge in [0.15, 0.2) is 0 Å². The van der Waals surface area contributed by atoms with Crippen LogP contribution in [0.1, 0.15) is 40.7 Å². The van der Waals surface area contributed by atoms with Crippen molar-refractivity contribution in [3.8, 4) is 0 Å². The highest BCUT2D eigenvalue weighted by atomic mass is 32.1. The SMILES string of the molecule is CC(N)c1nc(C(=O)NCCCc2ncn[nH]2)cs1. The Hall–Kier alpha value is -1.80. The summed E-state index contributed by atoms with van der Waals surface area (Å²) in [6.45, 7) is 2.42. The highest BCUT2D eigenvalue weighted by molar-refractivity contribution is 7.09. The fraction of sp³-hybridized carbons (Fsp3) is 0.455. The van der Waals surface area contributed by atoms with Gasteiger partial charge in [0.05, 0.1) is 6.04 Å². The Bertz CT molecular complexity index is 521. The zero-order valence-corrected chi connectivity index (χ0v) is 11.4. The molecule has 8 heteroatoms. The van der Waals surface area contributed by atoms with Crippen molar-refractivity contribution >= 4 is 17.2 Å². The van der Waals surface area contributed by atoms with Gasteiger partial charge in [-0.1, -0.05) is 0 Å². The number of hydrogen-bond donors (Lipinski definition) is 3. The van der Waals surface area contributed by atoms with Crippen molar-refractivity contribution in [3.63, 3.8) is 0 Å². The molecule has 0 saturated heterocycles. The van der Waals surface area contributed by atoms with Crippen molar-refractivity contribution in [2.45, 2.75) is 25.8 Å². The molecule has 4 N–H and O–H groups in total. The predicted molar refractivity (Wildman–Crippen MR) is 71.8 cm³/mol. The molecule has 2 rings (SSSR count). The van der Waals surface area contributed by atoms with E-state index in [-0.39, 0.29) is 11.9 Å². The van der Waals surface area contributed by atoms with Gasteiger partial charge >= 0.3 is 0 Å². The third-order valence-electron chi connectivity index (χ3n) is 2.48. The van der Waals surface area contributed by atoms with E-state index >= 15 is 0 Å². The third kappa shape index (κ3) is 3.83. The van der Waals surface area contributed by atoms with Crippen LogP contribution in [0.25, 0.3) is 0 Å². The number of aromatic amines is 1. The maximum absolute atomic E-state index is 11.8. The molecule has 1 unspecified atom stereocenters. The van der Waals surface area contributed by atoms with Crippen molar-refractivity contribution in [3.05, 3.63) is 28.2 Å². The largest absolute Gasteiger partial charge is 0.351 e. The fourth-order valence-corrected chi connectivity index (χ4v) is 2.26. The Kier molecular flexibility index (Phi) is 4.58. The Balaban J connectivity index is 1.74. The van der Waals surface area contributed by atoms with Gasteiger partial charge in [-0.25, -0.2) is 9.97 Å². The summed E-state index contributed by atoms with van der Waals surface area (Å²) in [4.78, 5) is 20.0. The number of amides is 1. The molecule has 0 aliphatic carbocycles. The van der Waals surface area contributed by atoms with Crippen molar-refractivity contribution in [1.29, 1.82) is 0 Å². The standard InChI is InChI=1S/C11H16N6OS/c1-7(12)11-16-8(5-19-11)10(18)13-4-2-3-9-14-6-15-17-9/h5-7H,2-4,12H2,1H3,(H,13,18)(H,14,15,17). The van der Waals surface area contributed by atoms with E-state index < -0.39 is 0 Å².